The van der Waals surface area contributed by atoms with Gasteiger partial charge in [-0.15, -0.1) is 0 Å². The average molecular weight is 283 g/mol. The van der Waals surface area contributed by atoms with E-state index in [0.29, 0.717) is 24.3 Å². The lowest BCUT2D eigenvalue weighted by Gasteiger charge is -2.21. The number of hydrogen-bond donors (Lipinski definition) is 1. The molecule has 1 aromatic rings. The third-order valence-corrected chi connectivity index (χ3v) is 2.65. The second kappa shape index (κ2) is 6.27. The monoisotopic (exact) mass is 283 g/mol. The van der Waals surface area contributed by atoms with Crippen molar-refractivity contribution in [3.63, 3.8) is 0 Å². The largest absolute Gasteiger partial charge is 0.478 e. The molecule has 4 nitrogen and oxygen atoms in total. The van der Waals surface area contributed by atoms with Crippen molar-refractivity contribution in [2.24, 2.45) is 0 Å². The van der Waals surface area contributed by atoms with E-state index in [2.05, 4.69) is 6.58 Å². The lowest BCUT2D eigenvalue weighted by molar-refractivity contribution is 0.0678. The first kappa shape index (κ1) is 15.8. The number of amides is 1. The van der Waals surface area contributed by atoms with Gasteiger partial charge in [0.2, 0.25) is 0 Å². The molecule has 0 aliphatic heterocycles. The number of halogens is 2. The molecular formula is C14H15F2NO3. The van der Waals surface area contributed by atoms with Crippen LogP contribution in [0.1, 0.15) is 34.6 Å². The van der Waals surface area contributed by atoms with Gasteiger partial charge in [0.25, 0.3) is 5.91 Å². The second-order valence-electron chi connectivity index (χ2n) is 4.39. The van der Waals surface area contributed by atoms with E-state index in [1.165, 1.54) is 4.90 Å². The Morgan fingerprint density at radius 1 is 1.25 bits per heavy atom. The standard InChI is InChI=1S/C14H15F2NO3/c1-4-17(7-8(2)3)13(18)9-5-11(15)12(16)6-10(9)14(19)20/h5-6H,2,4,7H2,1,3H3,(H,19,20). The van der Waals surface area contributed by atoms with Gasteiger partial charge in [0.05, 0.1) is 11.1 Å². The van der Waals surface area contributed by atoms with Gasteiger partial charge in [-0.25, -0.2) is 13.6 Å². The lowest BCUT2D eigenvalue weighted by Crippen LogP contribution is -2.33. The van der Waals surface area contributed by atoms with Gasteiger partial charge in [0.1, 0.15) is 0 Å². The highest BCUT2D eigenvalue weighted by atomic mass is 19.2. The van der Waals surface area contributed by atoms with Crippen LogP contribution >= 0.6 is 0 Å². The summed E-state index contributed by atoms with van der Waals surface area (Å²) in [7, 11) is 0. The van der Waals surface area contributed by atoms with Gasteiger partial charge in [-0.2, -0.15) is 0 Å². The number of hydrogen-bond acceptors (Lipinski definition) is 2. The van der Waals surface area contributed by atoms with Crippen LogP contribution in [0.5, 0.6) is 0 Å². The van der Waals surface area contributed by atoms with Gasteiger partial charge in [0.15, 0.2) is 11.6 Å². The lowest BCUT2D eigenvalue weighted by atomic mass is 10.1. The van der Waals surface area contributed by atoms with Crippen LogP contribution in [-0.2, 0) is 0 Å². The topological polar surface area (TPSA) is 57.6 Å². The van der Waals surface area contributed by atoms with Gasteiger partial charge < -0.3 is 10.0 Å². The Labute approximate surface area is 115 Å². The molecule has 0 bridgehead atoms. The van der Waals surface area contributed by atoms with Crippen molar-refractivity contribution in [2.75, 3.05) is 13.1 Å². The fraction of sp³-hybridized carbons (Fsp3) is 0.286. The van der Waals surface area contributed by atoms with E-state index in [-0.39, 0.29) is 12.1 Å². The zero-order chi connectivity index (χ0) is 15.4. The summed E-state index contributed by atoms with van der Waals surface area (Å²) in [5.41, 5.74) is -0.242. The van der Waals surface area contributed by atoms with Crippen molar-refractivity contribution in [3.8, 4) is 0 Å². The molecule has 0 radical (unpaired) electrons. The molecule has 0 aliphatic carbocycles. The number of aromatic carboxylic acids is 1. The maximum atomic E-state index is 13.3. The summed E-state index contributed by atoms with van der Waals surface area (Å²) in [5, 5.41) is 8.99. The van der Waals surface area contributed by atoms with Crippen LogP contribution in [0.4, 0.5) is 8.78 Å². The highest BCUT2D eigenvalue weighted by Gasteiger charge is 2.23. The Bertz CT molecular complexity index is 570. The van der Waals surface area contributed by atoms with E-state index in [0.717, 1.165) is 0 Å². The molecule has 1 amide bonds. The number of carbonyl (C=O) groups excluding carboxylic acids is 1. The second-order valence-corrected chi connectivity index (χ2v) is 4.39. The first-order chi connectivity index (χ1) is 9.27. The quantitative estimate of drug-likeness (QED) is 0.845. The van der Waals surface area contributed by atoms with Crippen molar-refractivity contribution >= 4 is 11.9 Å². The van der Waals surface area contributed by atoms with Crippen molar-refractivity contribution < 1.29 is 23.5 Å². The summed E-state index contributed by atoms with van der Waals surface area (Å²) in [6.07, 6.45) is 0. The molecule has 1 aromatic carbocycles. The number of carboxylic acid groups (broad SMARTS) is 1. The molecule has 0 fully saturated rings. The number of nitrogens with zero attached hydrogens (tertiary/aromatic N) is 1. The Morgan fingerprint density at radius 3 is 2.15 bits per heavy atom. The fourth-order valence-corrected chi connectivity index (χ4v) is 1.72. The van der Waals surface area contributed by atoms with Crippen LogP contribution in [-0.4, -0.2) is 35.0 Å². The van der Waals surface area contributed by atoms with Gasteiger partial charge in [-0.3, -0.25) is 4.79 Å². The Morgan fingerprint density at radius 2 is 1.75 bits per heavy atom. The minimum atomic E-state index is -1.49. The minimum Gasteiger partial charge on any atom is -0.478 e. The highest BCUT2D eigenvalue weighted by molar-refractivity contribution is 6.04. The molecule has 20 heavy (non-hydrogen) atoms. The molecule has 0 spiro atoms. The molecule has 0 saturated carbocycles. The zero-order valence-corrected chi connectivity index (χ0v) is 11.2. The molecule has 108 valence electrons. The van der Waals surface area contributed by atoms with E-state index in [1.54, 1.807) is 13.8 Å². The van der Waals surface area contributed by atoms with Gasteiger partial charge in [-0.1, -0.05) is 12.2 Å². The number of rotatable bonds is 5. The molecule has 1 rings (SSSR count). The normalized spacial score (nSPS) is 10.2. The minimum absolute atomic E-state index is 0.216. The van der Waals surface area contributed by atoms with Crippen molar-refractivity contribution in [3.05, 3.63) is 47.0 Å². The van der Waals surface area contributed by atoms with Crippen molar-refractivity contribution in [2.45, 2.75) is 13.8 Å². The van der Waals surface area contributed by atoms with Crippen LogP contribution in [0.3, 0.4) is 0 Å². The average Bonchev–Trinajstić information content (AvgIpc) is 2.37. The number of carbonyl (C=O) groups is 2. The fourth-order valence-electron chi connectivity index (χ4n) is 1.72. The molecular weight excluding hydrogens is 268 g/mol. The molecule has 0 atom stereocenters. The molecule has 0 saturated heterocycles. The van der Waals surface area contributed by atoms with Gasteiger partial charge in [0, 0.05) is 13.1 Å². The molecule has 0 unspecified atom stereocenters. The highest BCUT2D eigenvalue weighted by Crippen LogP contribution is 2.18. The number of carboxylic acids is 1. The van der Waals surface area contributed by atoms with Crippen LogP contribution in [0.15, 0.2) is 24.3 Å². The molecule has 0 aromatic heterocycles. The van der Waals surface area contributed by atoms with E-state index in [4.69, 9.17) is 5.11 Å². The van der Waals surface area contributed by atoms with Gasteiger partial charge >= 0.3 is 5.97 Å². The van der Waals surface area contributed by atoms with E-state index in [1.807, 2.05) is 0 Å². The third-order valence-electron chi connectivity index (χ3n) is 2.65. The van der Waals surface area contributed by atoms with Crippen LogP contribution in [0.2, 0.25) is 0 Å². The summed E-state index contributed by atoms with van der Waals surface area (Å²) in [6.45, 7) is 7.58. The van der Waals surface area contributed by atoms with Crippen molar-refractivity contribution in [1.82, 2.24) is 4.90 Å². The van der Waals surface area contributed by atoms with Gasteiger partial charge in [-0.05, 0) is 26.0 Å². The van der Waals surface area contributed by atoms with Crippen molar-refractivity contribution in [1.29, 1.82) is 0 Å². The Hall–Kier alpha value is -2.24. The summed E-state index contributed by atoms with van der Waals surface area (Å²) in [4.78, 5) is 24.6. The van der Waals surface area contributed by atoms with E-state index >= 15 is 0 Å². The van der Waals surface area contributed by atoms with Crippen LogP contribution < -0.4 is 0 Å². The zero-order valence-electron chi connectivity index (χ0n) is 11.2. The predicted molar refractivity (Wildman–Crippen MR) is 69.7 cm³/mol. The molecule has 6 heteroatoms. The summed E-state index contributed by atoms with van der Waals surface area (Å²) in [5.74, 6) is -4.72. The van der Waals surface area contributed by atoms with E-state index in [9.17, 15) is 18.4 Å². The first-order valence-corrected chi connectivity index (χ1v) is 5.93. The Kier molecular flexibility index (Phi) is 4.96. The third kappa shape index (κ3) is 3.40. The SMILES string of the molecule is C=C(C)CN(CC)C(=O)c1cc(F)c(F)cc1C(=O)O. The summed E-state index contributed by atoms with van der Waals surface area (Å²) >= 11 is 0. The maximum absolute atomic E-state index is 13.3. The molecule has 0 heterocycles. The number of likely N-dealkylation sites (N-methyl/N-ethyl adjacent to an activating group) is 1. The Balaban J connectivity index is 3.29. The smallest absolute Gasteiger partial charge is 0.336 e. The van der Waals surface area contributed by atoms with Crippen LogP contribution in [0.25, 0.3) is 0 Å². The first-order valence-electron chi connectivity index (χ1n) is 5.93. The predicted octanol–water partition coefficient (Wildman–Crippen LogP) is 2.70. The summed E-state index contributed by atoms with van der Waals surface area (Å²) < 4.78 is 26.4. The molecule has 0 aliphatic rings. The summed E-state index contributed by atoms with van der Waals surface area (Å²) in [6, 6.07) is 1.13. The van der Waals surface area contributed by atoms with E-state index < -0.39 is 29.1 Å². The maximum Gasteiger partial charge on any atom is 0.336 e. The van der Waals surface area contributed by atoms with Crippen LogP contribution in [0, 0.1) is 11.6 Å². The number of benzene rings is 1. The molecule has 1 N–H and O–H groups in total.